The van der Waals surface area contributed by atoms with Crippen LogP contribution in [0.1, 0.15) is 32.0 Å². The molecule has 0 bridgehead atoms. The number of fused-ring (bicyclic) bond motifs is 1. The molecule has 0 spiro atoms. The fourth-order valence-corrected chi connectivity index (χ4v) is 2.83. The predicted octanol–water partition coefficient (Wildman–Crippen LogP) is 1.58. The Bertz CT molecular complexity index is 704. The number of nitrogens with zero attached hydrogens (tertiary/aromatic N) is 2. The van der Waals surface area contributed by atoms with E-state index in [0.717, 1.165) is 12.1 Å². The average molecular weight is 294 g/mol. The number of H-pyrrole nitrogens is 1. The normalized spacial score (nSPS) is 12.8. The highest BCUT2D eigenvalue weighted by molar-refractivity contribution is 7.99. The molecule has 1 amide bonds. The first-order chi connectivity index (χ1) is 9.43. The van der Waals surface area contributed by atoms with E-state index >= 15 is 0 Å². The average Bonchev–Trinajstić information content (AvgIpc) is 2.76. The molecule has 108 valence electrons. The fraction of sp³-hybridized carbons (Fsp3) is 0.462. The first-order valence-electron chi connectivity index (χ1n) is 6.47. The van der Waals surface area contributed by atoms with Crippen molar-refractivity contribution in [2.45, 2.75) is 38.4 Å². The molecule has 1 atom stereocenters. The van der Waals surface area contributed by atoms with E-state index in [-0.39, 0.29) is 17.4 Å². The zero-order chi connectivity index (χ0) is 14.9. The van der Waals surface area contributed by atoms with Gasteiger partial charge in [0.2, 0.25) is 5.91 Å². The van der Waals surface area contributed by atoms with Crippen LogP contribution in [0.3, 0.4) is 0 Å². The van der Waals surface area contributed by atoms with Gasteiger partial charge < -0.3 is 10.7 Å². The maximum atomic E-state index is 12.6. The standard InChI is InChI=1S/C13H18N4O2S/c1-4-8(3)17-12(19)11-9(5-7(2)15-11)16-13(17)20-6-10(14)18/h5,8,15H,4,6H2,1-3H3,(H2,14,18)/t8-/m0/s1. The number of amides is 1. The van der Waals surface area contributed by atoms with E-state index in [4.69, 9.17) is 5.73 Å². The molecule has 6 nitrogen and oxygen atoms in total. The maximum absolute atomic E-state index is 12.6. The molecule has 0 fully saturated rings. The Kier molecular flexibility index (Phi) is 4.17. The molecule has 0 unspecified atom stereocenters. The third-order valence-corrected chi connectivity index (χ3v) is 4.14. The van der Waals surface area contributed by atoms with E-state index in [1.54, 1.807) is 4.57 Å². The quantitative estimate of drug-likeness (QED) is 0.646. The van der Waals surface area contributed by atoms with E-state index in [1.807, 2.05) is 26.8 Å². The molecule has 3 N–H and O–H groups in total. The van der Waals surface area contributed by atoms with E-state index in [9.17, 15) is 9.59 Å². The summed E-state index contributed by atoms with van der Waals surface area (Å²) in [4.78, 5) is 31.1. The van der Waals surface area contributed by atoms with E-state index in [0.29, 0.717) is 16.2 Å². The zero-order valence-corrected chi connectivity index (χ0v) is 12.6. The highest BCUT2D eigenvalue weighted by Crippen LogP contribution is 2.22. The molecule has 0 aliphatic heterocycles. The second kappa shape index (κ2) is 5.70. The van der Waals surface area contributed by atoms with Crippen LogP contribution in [0.25, 0.3) is 11.0 Å². The molecule has 2 aromatic rings. The van der Waals surface area contributed by atoms with Crippen molar-refractivity contribution in [1.29, 1.82) is 0 Å². The van der Waals surface area contributed by atoms with E-state index in [1.165, 1.54) is 11.8 Å². The monoisotopic (exact) mass is 294 g/mol. The lowest BCUT2D eigenvalue weighted by Gasteiger charge is -2.16. The molecule has 2 rings (SSSR count). The van der Waals surface area contributed by atoms with E-state index in [2.05, 4.69) is 9.97 Å². The van der Waals surface area contributed by atoms with Crippen molar-refractivity contribution in [1.82, 2.24) is 14.5 Å². The summed E-state index contributed by atoms with van der Waals surface area (Å²) in [6.07, 6.45) is 0.802. The van der Waals surface area contributed by atoms with Gasteiger partial charge in [-0.15, -0.1) is 0 Å². The van der Waals surface area contributed by atoms with Gasteiger partial charge in [0.15, 0.2) is 5.16 Å². The van der Waals surface area contributed by atoms with Gasteiger partial charge in [-0.2, -0.15) is 0 Å². The summed E-state index contributed by atoms with van der Waals surface area (Å²) in [7, 11) is 0. The second-order valence-corrected chi connectivity index (χ2v) is 5.74. The number of hydrogen-bond acceptors (Lipinski definition) is 4. The number of nitrogens with one attached hydrogen (secondary N) is 1. The minimum Gasteiger partial charge on any atom is -0.369 e. The summed E-state index contributed by atoms with van der Waals surface area (Å²) in [6, 6.07) is 1.84. The summed E-state index contributed by atoms with van der Waals surface area (Å²) in [5.74, 6) is -0.317. The van der Waals surface area contributed by atoms with Crippen molar-refractivity contribution in [3.05, 3.63) is 22.1 Å². The van der Waals surface area contributed by atoms with Gasteiger partial charge in [-0.05, 0) is 26.3 Å². The largest absolute Gasteiger partial charge is 0.369 e. The number of primary amides is 1. The highest BCUT2D eigenvalue weighted by atomic mass is 32.2. The highest BCUT2D eigenvalue weighted by Gasteiger charge is 2.17. The van der Waals surface area contributed by atoms with Crippen molar-refractivity contribution in [3.8, 4) is 0 Å². The molecule has 0 saturated carbocycles. The Morgan fingerprint density at radius 3 is 2.90 bits per heavy atom. The molecule has 2 heterocycles. The third-order valence-electron chi connectivity index (χ3n) is 3.16. The number of aromatic amines is 1. The molecule has 0 saturated heterocycles. The second-order valence-electron chi connectivity index (χ2n) is 4.79. The molecule has 0 aliphatic carbocycles. The minimum absolute atomic E-state index is 0.0124. The van der Waals surface area contributed by atoms with Crippen LogP contribution >= 0.6 is 11.8 Å². The maximum Gasteiger partial charge on any atom is 0.278 e. The summed E-state index contributed by atoms with van der Waals surface area (Å²) in [5, 5.41) is 0.537. The van der Waals surface area contributed by atoms with Crippen molar-refractivity contribution >= 4 is 28.7 Å². The van der Waals surface area contributed by atoms with Crippen molar-refractivity contribution in [2.75, 3.05) is 5.75 Å². The van der Waals surface area contributed by atoms with Crippen molar-refractivity contribution in [2.24, 2.45) is 5.73 Å². The number of rotatable bonds is 5. The molecule has 0 aliphatic rings. The number of carbonyl (C=O) groups excluding carboxylic acids is 1. The SMILES string of the molecule is CC[C@H](C)n1c(SCC(N)=O)nc2cc(C)[nH]c2c1=O. The van der Waals surface area contributed by atoms with Crippen LogP contribution in [-0.4, -0.2) is 26.2 Å². The Hall–Kier alpha value is -1.76. The Balaban J connectivity index is 2.62. The number of aromatic nitrogens is 3. The van der Waals surface area contributed by atoms with Crippen LogP contribution in [0.2, 0.25) is 0 Å². The molecule has 0 radical (unpaired) electrons. The fourth-order valence-electron chi connectivity index (χ4n) is 2.00. The van der Waals surface area contributed by atoms with Gasteiger partial charge in [-0.25, -0.2) is 4.98 Å². The van der Waals surface area contributed by atoms with Crippen molar-refractivity contribution in [3.63, 3.8) is 0 Å². The van der Waals surface area contributed by atoms with Gasteiger partial charge in [-0.1, -0.05) is 18.7 Å². The van der Waals surface area contributed by atoms with Crippen LogP contribution in [0.4, 0.5) is 0 Å². The van der Waals surface area contributed by atoms with Gasteiger partial charge >= 0.3 is 0 Å². The number of aryl methyl sites for hydroxylation is 1. The number of nitrogens with two attached hydrogens (primary N) is 1. The summed E-state index contributed by atoms with van der Waals surface area (Å²) >= 11 is 1.20. The van der Waals surface area contributed by atoms with Crippen LogP contribution in [0.15, 0.2) is 16.0 Å². The molecule has 2 aromatic heterocycles. The Labute approximate surface area is 120 Å². The lowest BCUT2D eigenvalue weighted by Crippen LogP contribution is -2.26. The summed E-state index contributed by atoms with van der Waals surface area (Å²) in [6.45, 7) is 5.84. The molecule has 20 heavy (non-hydrogen) atoms. The number of carbonyl (C=O) groups is 1. The van der Waals surface area contributed by atoms with Crippen LogP contribution in [0, 0.1) is 6.92 Å². The van der Waals surface area contributed by atoms with Gasteiger partial charge in [0.05, 0.1) is 11.3 Å². The van der Waals surface area contributed by atoms with Gasteiger partial charge in [0.1, 0.15) is 5.52 Å². The number of thioether (sulfide) groups is 1. The predicted molar refractivity (Wildman–Crippen MR) is 80.0 cm³/mol. The van der Waals surface area contributed by atoms with Crippen molar-refractivity contribution < 1.29 is 4.79 Å². The van der Waals surface area contributed by atoms with Crippen LogP contribution < -0.4 is 11.3 Å². The van der Waals surface area contributed by atoms with E-state index < -0.39 is 5.91 Å². The zero-order valence-electron chi connectivity index (χ0n) is 11.8. The topological polar surface area (TPSA) is 93.8 Å². The summed E-state index contributed by atoms with van der Waals surface area (Å²) in [5.41, 5.74) is 7.08. The lowest BCUT2D eigenvalue weighted by atomic mass is 10.2. The van der Waals surface area contributed by atoms with Gasteiger partial charge in [-0.3, -0.25) is 14.2 Å². The lowest BCUT2D eigenvalue weighted by molar-refractivity contribution is -0.115. The van der Waals surface area contributed by atoms with Crippen LogP contribution in [-0.2, 0) is 4.79 Å². The first-order valence-corrected chi connectivity index (χ1v) is 7.45. The Morgan fingerprint density at radius 1 is 1.60 bits per heavy atom. The number of hydrogen-bond donors (Lipinski definition) is 2. The minimum atomic E-state index is -0.426. The molecule has 7 heteroatoms. The molecular formula is C13H18N4O2S. The molecule has 0 aromatic carbocycles. The first kappa shape index (κ1) is 14.6. The Morgan fingerprint density at radius 2 is 2.30 bits per heavy atom. The molecular weight excluding hydrogens is 276 g/mol. The van der Waals surface area contributed by atoms with Gasteiger partial charge in [0, 0.05) is 11.7 Å². The third kappa shape index (κ3) is 2.72. The van der Waals surface area contributed by atoms with Gasteiger partial charge in [0.25, 0.3) is 5.56 Å². The van der Waals surface area contributed by atoms with Crippen LogP contribution in [0.5, 0.6) is 0 Å². The smallest absolute Gasteiger partial charge is 0.278 e. The summed E-state index contributed by atoms with van der Waals surface area (Å²) < 4.78 is 1.63.